The third kappa shape index (κ3) is 1.82. The number of carbonyl (C=O) groups excluding carboxylic acids is 1. The largest absolute Gasteiger partial charge is 0.311 e. The van der Waals surface area contributed by atoms with E-state index in [9.17, 15) is 4.79 Å². The van der Waals surface area contributed by atoms with Crippen molar-refractivity contribution in [3.63, 3.8) is 0 Å². The van der Waals surface area contributed by atoms with E-state index in [0.717, 1.165) is 5.69 Å². The number of hydrogen-bond acceptors (Lipinski definition) is 1. The summed E-state index contributed by atoms with van der Waals surface area (Å²) in [5, 5.41) is 0. The van der Waals surface area contributed by atoms with E-state index in [-0.39, 0.29) is 11.8 Å². The molecule has 0 N–H and O–H groups in total. The Morgan fingerprint density at radius 1 is 1.29 bits per heavy atom. The molecule has 2 fully saturated rings. The topological polar surface area (TPSA) is 20.3 Å². The summed E-state index contributed by atoms with van der Waals surface area (Å²) in [6.45, 7) is 0.680. The van der Waals surface area contributed by atoms with Crippen LogP contribution in [0, 0.1) is 18.3 Å². The maximum Gasteiger partial charge on any atom is 0.228 e. The van der Waals surface area contributed by atoms with Gasteiger partial charge in [0.25, 0.3) is 0 Å². The quantitative estimate of drug-likeness (QED) is 0.708. The third-order valence-electron chi connectivity index (χ3n) is 3.61. The summed E-state index contributed by atoms with van der Waals surface area (Å²) in [5.41, 5.74) is 2.40. The molecule has 1 unspecified atom stereocenters. The summed E-state index contributed by atoms with van der Waals surface area (Å²) >= 11 is 0. The highest BCUT2D eigenvalue weighted by Gasteiger charge is 2.33. The molecule has 0 spiro atoms. The standard InChI is InChI=1S/C15H15NO/c1-2-11-9-15(17)16(10-11)14-6-4-3-5-13(14)12-7-8-12/h1,3-6,11-12H,7-10H2. The summed E-state index contributed by atoms with van der Waals surface area (Å²) in [6.07, 6.45) is 8.41. The van der Waals surface area contributed by atoms with E-state index in [1.54, 1.807) is 0 Å². The number of anilines is 1. The van der Waals surface area contributed by atoms with Crippen LogP contribution in [-0.4, -0.2) is 12.5 Å². The molecule has 3 rings (SSSR count). The van der Waals surface area contributed by atoms with Crippen LogP contribution in [0.1, 0.15) is 30.7 Å². The van der Waals surface area contributed by atoms with Crippen LogP contribution in [-0.2, 0) is 4.79 Å². The smallest absolute Gasteiger partial charge is 0.228 e. The van der Waals surface area contributed by atoms with Gasteiger partial charge in [-0.1, -0.05) is 18.2 Å². The highest BCUT2D eigenvalue weighted by atomic mass is 16.2. The normalized spacial score (nSPS) is 23.8. The zero-order chi connectivity index (χ0) is 11.8. The predicted molar refractivity (Wildman–Crippen MR) is 67.7 cm³/mol. The molecule has 1 aliphatic heterocycles. The molecule has 1 saturated carbocycles. The summed E-state index contributed by atoms with van der Waals surface area (Å²) < 4.78 is 0. The second kappa shape index (κ2) is 3.92. The van der Waals surface area contributed by atoms with Crippen LogP contribution in [0.2, 0.25) is 0 Å². The summed E-state index contributed by atoms with van der Waals surface area (Å²) in [6, 6.07) is 8.24. The van der Waals surface area contributed by atoms with Gasteiger partial charge in [0.15, 0.2) is 0 Å². The first kappa shape index (κ1) is 10.4. The molecule has 2 nitrogen and oxygen atoms in total. The van der Waals surface area contributed by atoms with Crippen LogP contribution in [0.15, 0.2) is 24.3 Å². The Morgan fingerprint density at radius 3 is 2.71 bits per heavy atom. The van der Waals surface area contributed by atoms with Crippen molar-refractivity contribution in [2.24, 2.45) is 5.92 Å². The van der Waals surface area contributed by atoms with Crippen molar-refractivity contribution < 1.29 is 4.79 Å². The molecule has 1 atom stereocenters. The monoisotopic (exact) mass is 225 g/mol. The summed E-state index contributed by atoms with van der Waals surface area (Å²) in [7, 11) is 0. The summed E-state index contributed by atoms with van der Waals surface area (Å²) in [5.74, 6) is 3.60. The number of amides is 1. The maximum atomic E-state index is 12.0. The van der Waals surface area contributed by atoms with Gasteiger partial charge in [0.05, 0.1) is 0 Å². The lowest BCUT2D eigenvalue weighted by atomic mass is 10.1. The number of hydrogen-bond donors (Lipinski definition) is 0. The lowest BCUT2D eigenvalue weighted by Gasteiger charge is -2.19. The second-order valence-electron chi connectivity index (χ2n) is 4.91. The van der Waals surface area contributed by atoms with Gasteiger partial charge < -0.3 is 4.90 Å². The van der Waals surface area contributed by atoms with Crippen molar-refractivity contribution in [2.45, 2.75) is 25.2 Å². The molecule has 0 bridgehead atoms. The molecular formula is C15H15NO. The van der Waals surface area contributed by atoms with E-state index in [4.69, 9.17) is 6.42 Å². The van der Waals surface area contributed by atoms with Gasteiger partial charge in [-0.2, -0.15) is 0 Å². The number of para-hydroxylation sites is 1. The number of terminal acetylenes is 1. The molecule has 0 radical (unpaired) electrons. The zero-order valence-electron chi connectivity index (χ0n) is 9.73. The minimum atomic E-state index is 0.0785. The molecule has 86 valence electrons. The predicted octanol–water partition coefficient (Wildman–Crippen LogP) is 2.55. The van der Waals surface area contributed by atoms with Gasteiger partial charge >= 0.3 is 0 Å². The molecule has 1 amide bonds. The average molecular weight is 225 g/mol. The van der Waals surface area contributed by atoms with Gasteiger partial charge in [-0.05, 0) is 30.4 Å². The Bertz CT molecular complexity index is 496. The zero-order valence-corrected chi connectivity index (χ0v) is 9.73. The molecule has 1 aromatic rings. The molecule has 2 aliphatic rings. The van der Waals surface area contributed by atoms with Crippen LogP contribution < -0.4 is 4.90 Å². The van der Waals surface area contributed by atoms with Gasteiger partial charge in [-0.3, -0.25) is 4.79 Å². The van der Waals surface area contributed by atoms with E-state index >= 15 is 0 Å². The van der Waals surface area contributed by atoms with E-state index in [2.05, 4.69) is 18.1 Å². The maximum absolute atomic E-state index is 12.0. The van der Waals surface area contributed by atoms with Gasteiger partial charge in [0.2, 0.25) is 5.91 Å². The van der Waals surface area contributed by atoms with E-state index in [1.165, 1.54) is 18.4 Å². The fourth-order valence-electron chi connectivity index (χ4n) is 2.52. The van der Waals surface area contributed by atoms with E-state index in [0.29, 0.717) is 18.9 Å². The van der Waals surface area contributed by atoms with Crippen molar-refractivity contribution in [1.82, 2.24) is 0 Å². The van der Waals surface area contributed by atoms with Gasteiger partial charge in [-0.15, -0.1) is 12.3 Å². The summed E-state index contributed by atoms with van der Waals surface area (Å²) in [4.78, 5) is 13.8. The third-order valence-corrected chi connectivity index (χ3v) is 3.61. The SMILES string of the molecule is C#CC1CC(=O)N(c2ccccc2C2CC2)C1. The average Bonchev–Trinajstić information content (AvgIpc) is 3.13. The first-order chi connectivity index (χ1) is 8.29. The van der Waals surface area contributed by atoms with Gasteiger partial charge in [0.1, 0.15) is 0 Å². The molecule has 1 heterocycles. The van der Waals surface area contributed by atoms with Crippen LogP contribution in [0.25, 0.3) is 0 Å². The van der Waals surface area contributed by atoms with Gasteiger partial charge in [-0.25, -0.2) is 0 Å². The molecular weight excluding hydrogens is 210 g/mol. The lowest BCUT2D eigenvalue weighted by Crippen LogP contribution is -2.25. The Hall–Kier alpha value is -1.75. The van der Waals surface area contributed by atoms with Crippen LogP contribution in [0.3, 0.4) is 0 Å². The number of benzene rings is 1. The van der Waals surface area contributed by atoms with E-state index < -0.39 is 0 Å². The highest BCUT2D eigenvalue weighted by molar-refractivity contribution is 5.97. The number of rotatable bonds is 2. The first-order valence-corrected chi connectivity index (χ1v) is 6.15. The molecule has 1 saturated heterocycles. The molecule has 1 aromatic carbocycles. The van der Waals surface area contributed by atoms with Crippen molar-refractivity contribution in [3.05, 3.63) is 29.8 Å². The highest BCUT2D eigenvalue weighted by Crippen LogP contribution is 2.45. The Kier molecular flexibility index (Phi) is 2.40. The van der Waals surface area contributed by atoms with Crippen molar-refractivity contribution >= 4 is 11.6 Å². The van der Waals surface area contributed by atoms with Crippen molar-refractivity contribution in [1.29, 1.82) is 0 Å². The van der Waals surface area contributed by atoms with Crippen LogP contribution in [0.4, 0.5) is 5.69 Å². The van der Waals surface area contributed by atoms with E-state index in [1.807, 2.05) is 17.0 Å². The molecule has 2 heteroatoms. The minimum absolute atomic E-state index is 0.0785. The second-order valence-corrected chi connectivity index (χ2v) is 4.91. The molecule has 0 aromatic heterocycles. The Labute approximate surface area is 102 Å². The Morgan fingerprint density at radius 2 is 2.06 bits per heavy atom. The lowest BCUT2D eigenvalue weighted by molar-refractivity contribution is -0.117. The molecule has 1 aliphatic carbocycles. The van der Waals surface area contributed by atoms with Crippen molar-refractivity contribution in [2.75, 3.05) is 11.4 Å². The molecule has 17 heavy (non-hydrogen) atoms. The van der Waals surface area contributed by atoms with Crippen LogP contribution in [0.5, 0.6) is 0 Å². The first-order valence-electron chi connectivity index (χ1n) is 6.15. The Balaban J connectivity index is 1.94. The van der Waals surface area contributed by atoms with Crippen LogP contribution >= 0.6 is 0 Å². The fraction of sp³-hybridized carbons (Fsp3) is 0.400. The number of carbonyl (C=O) groups is 1. The number of nitrogens with zero attached hydrogens (tertiary/aromatic N) is 1. The van der Waals surface area contributed by atoms with Crippen molar-refractivity contribution in [3.8, 4) is 12.3 Å². The fourth-order valence-corrected chi connectivity index (χ4v) is 2.52. The minimum Gasteiger partial charge on any atom is -0.311 e. The van der Waals surface area contributed by atoms with Gasteiger partial charge in [0, 0.05) is 24.6 Å².